The maximum absolute atomic E-state index is 13.2. The molecule has 4 rings (SSSR count). The zero-order chi connectivity index (χ0) is 24.4. The molecule has 0 saturated heterocycles. The number of aryl methyl sites for hydroxylation is 4. The normalized spacial score (nSPS) is 12.4. The second-order valence-corrected chi connectivity index (χ2v) is 10.1. The standard InChI is InChI=1S/C26H31N5O2S/c1-6-7-10-13-30-24(33)20-11-8-9-12-21(20)31-25(30)28-29-26(31)34-19(5)23(32)27-22-17(3)14-16(2)15-18(22)4/h8-9,11-12,14-15,19H,6-7,10,13H2,1-5H3,(H,27,32). The first-order chi connectivity index (χ1) is 16.3. The zero-order valence-corrected chi connectivity index (χ0v) is 21.2. The van der Waals surface area contributed by atoms with Gasteiger partial charge in [0.25, 0.3) is 5.56 Å². The van der Waals surface area contributed by atoms with Gasteiger partial charge in [0, 0.05) is 12.2 Å². The maximum Gasteiger partial charge on any atom is 0.262 e. The van der Waals surface area contributed by atoms with Crippen molar-refractivity contribution in [3.8, 4) is 0 Å². The van der Waals surface area contributed by atoms with Gasteiger partial charge in [0.15, 0.2) is 5.16 Å². The van der Waals surface area contributed by atoms with E-state index in [1.165, 1.54) is 17.3 Å². The Morgan fingerprint density at radius 2 is 1.79 bits per heavy atom. The van der Waals surface area contributed by atoms with Crippen LogP contribution in [0.25, 0.3) is 16.7 Å². The Morgan fingerprint density at radius 1 is 1.09 bits per heavy atom. The van der Waals surface area contributed by atoms with Crippen LogP contribution >= 0.6 is 11.8 Å². The van der Waals surface area contributed by atoms with E-state index in [0.29, 0.717) is 22.9 Å². The maximum atomic E-state index is 13.2. The predicted octanol–water partition coefficient (Wildman–Crippen LogP) is 5.28. The summed E-state index contributed by atoms with van der Waals surface area (Å²) in [7, 11) is 0. The zero-order valence-electron chi connectivity index (χ0n) is 20.4. The van der Waals surface area contributed by atoms with E-state index < -0.39 is 5.25 Å². The number of nitrogens with one attached hydrogen (secondary N) is 1. The van der Waals surface area contributed by atoms with Crippen LogP contribution in [-0.2, 0) is 11.3 Å². The largest absolute Gasteiger partial charge is 0.325 e. The van der Waals surface area contributed by atoms with Crippen molar-refractivity contribution in [2.24, 2.45) is 0 Å². The summed E-state index contributed by atoms with van der Waals surface area (Å²) in [6.45, 7) is 10.6. The summed E-state index contributed by atoms with van der Waals surface area (Å²) >= 11 is 1.34. The highest BCUT2D eigenvalue weighted by Gasteiger charge is 2.22. The summed E-state index contributed by atoms with van der Waals surface area (Å²) < 4.78 is 3.61. The highest BCUT2D eigenvalue weighted by molar-refractivity contribution is 8.00. The van der Waals surface area contributed by atoms with Crippen molar-refractivity contribution >= 4 is 40.0 Å². The van der Waals surface area contributed by atoms with Crippen LogP contribution in [-0.4, -0.2) is 30.3 Å². The molecule has 34 heavy (non-hydrogen) atoms. The minimum absolute atomic E-state index is 0.0562. The van der Waals surface area contributed by atoms with E-state index in [0.717, 1.165) is 41.6 Å². The van der Waals surface area contributed by atoms with Gasteiger partial charge in [0.1, 0.15) is 0 Å². The molecule has 1 amide bonds. The Morgan fingerprint density at radius 3 is 2.50 bits per heavy atom. The quantitative estimate of drug-likeness (QED) is 0.276. The number of benzene rings is 2. The van der Waals surface area contributed by atoms with E-state index in [9.17, 15) is 9.59 Å². The summed E-state index contributed by atoms with van der Waals surface area (Å²) in [5.41, 5.74) is 4.79. The minimum atomic E-state index is -0.410. The lowest BCUT2D eigenvalue weighted by Gasteiger charge is -2.16. The van der Waals surface area contributed by atoms with Crippen LogP contribution in [0.15, 0.2) is 46.3 Å². The third-order valence-electron chi connectivity index (χ3n) is 6.04. The number of hydrogen-bond donors (Lipinski definition) is 1. The number of unbranched alkanes of at least 4 members (excludes halogenated alkanes) is 2. The van der Waals surface area contributed by atoms with Gasteiger partial charge in [-0.15, -0.1) is 10.2 Å². The molecular formula is C26H31N5O2S. The van der Waals surface area contributed by atoms with Crippen molar-refractivity contribution in [3.05, 3.63) is 63.4 Å². The van der Waals surface area contributed by atoms with Crippen molar-refractivity contribution in [2.45, 2.75) is 70.8 Å². The van der Waals surface area contributed by atoms with E-state index in [2.05, 4.69) is 34.6 Å². The lowest BCUT2D eigenvalue weighted by atomic mass is 10.1. The third kappa shape index (κ3) is 4.59. The van der Waals surface area contributed by atoms with Gasteiger partial charge in [-0.25, -0.2) is 0 Å². The van der Waals surface area contributed by atoms with Crippen LogP contribution in [0.5, 0.6) is 0 Å². The fourth-order valence-corrected chi connectivity index (χ4v) is 5.20. The van der Waals surface area contributed by atoms with Crippen molar-refractivity contribution in [1.29, 1.82) is 0 Å². The molecule has 8 heteroatoms. The lowest BCUT2D eigenvalue weighted by molar-refractivity contribution is -0.115. The number of thioether (sulfide) groups is 1. The number of amides is 1. The van der Waals surface area contributed by atoms with Gasteiger partial charge in [0.2, 0.25) is 11.7 Å². The molecule has 1 N–H and O–H groups in total. The second-order valence-electron chi connectivity index (χ2n) is 8.82. The number of carbonyl (C=O) groups excluding carboxylic acids is 1. The molecule has 0 bridgehead atoms. The first-order valence-corrected chi connectivity index (χ1v) is 12.6. The summed E-state index contributed by atoms with van der Waals surface area (Å²) in [6, 6.07) is 11.6. The highest BCUT2D eigenvalue weighted by atomic mass is 32.2. The smallest absolute Gasteiger partial charge is 0.262 e. The van der Waals surface area contributed by atoms with E-state index in [-0.39, 0.29) is 11.5 Å². The highest BCUT2D eigenvalue weighted by Crippen LogP contribution is 2.28. The Bertz CT molecular complexity index is 1400. The first-order valence-electron chi connectivity index (χ1n) is 11.7. The number of carbonyl (C=O) groups is 1. The van der Waals surface area contributed by atoms with Gasteiger partial charge < -0.3 is 5.32 Å². The third-order valence-corrected chi connectivity index (χ3v) is 7.08. The molecule has 0 aliphatic rings. The molecular weight excluding hydrogens is 446 g/mol. The number of hydrogen-bond acceptors (Lipinski definition) is 5. The summed E-state index contributed by atoms with van der Waals surface area (Å²) in [4.78, 5) is 26.3. The Kier molecular flexibility index (Phi) is 7.07. The number of rotatable bonds is 8. The molecule has 0 aliphatic carbocycles. The molecule has 0 fully saturated rings. The number of aromatic nitrogens is 4. The van der Waals surface area contributed by atoms with Gasteiger partial charge in [-0.1, -0.05) is 61.4 Å². The van der Waals surface area contributed by atoms with Gasteiger partial charge in [-0.3, -0.25) is 18.6 Å². The fraction of sp³-hybridized carbons (Fsp3) is 0.385. The molecule has 7 nitrogen and oxygen atoms in total. The molecule has 0 saturated carbocycles. The van der Waals surface area contributed by atoms with Crippen LogP contribution in [0.3, 0.4) is 0 Å². The number of anilines is 1. The van der Waals surface area contributed by atoms with Crippen LogP contribution < -0.4 is 10.9 Å². The Balaban J connectivity index is 1.68. The average Bonchev–Trinajstić information content (AvgIpc) is 3.21. The molecule has 0 spiro atoms. The summed E-state index contributed by atoms with van der Waals surface area (Å²) in [5, 5.41) is 12.6. The van der Waals surface area contributed by atoms with Crippen LogP contribution in [0.4, 0.5) is 5.69 Å². The van der Waals surface area contributed by atoms with E-state index in [4.69, 9.17) is 0 Å². The molecule has 0 aliphatic heterocycles. The van der Waals surface area contributed by atoms with Crippen LogP contribution in [0.1, 0.15) is 49.8 Å². The van der Waals surface area contributed by atoms with Crippen LogP contribution in [0.2, 0.25) is 0 Å². The van der Waals surface area contributed by atoms with Crippen molar-refractivity contribution in [2.75, 3.05) is 5.32 Å². The first kappa shape index (κ1) is 24.0. The molecule has 178 valence electrons. The second kappa shape index (κ2) is 10.0. The molecule has 4 aromatic rings. The molecule has 2 heterocycles. The van der Waals surface area contributed by atoms with E-state index >= 15 is 0 Å². The van der Waals surface area contributed by atoms with Crippen molar-refractivity contribution in [1.82, 2.24) is 19.2 Å². The summed E-state index contributed by atoms with van der Waals surface area (Å²) in [5.74, 6) is 0.414. The predicted molar refractivity (Wildman–Crippen MR) is 139 cm³/mol. The molecule has 2 aromatic carbocycles. The Labute approximate surface area is 203 Å². The van der Waals surface area contributed by atoms with Crippen molar-refractivity contribution < 1.29 is 4.79 Å². The van der Waals surface area contributed by atoms with E-state index in [1.54, 1.807) is 4.57 Å². The molecule has 1 unspecified atom stereocenters. The SMILES string of the molecule is CCCCCn1c(=O)c2ccccc2n2c(SC(C)C(=O)Nc3c(C)cc(C)cc3C)nnc12. The molecule has 1 atom stereocenters. The fourth-order valence-electron chi connectivity index (χ4n) is 4.35. The lowest BCUT2D eigenvalue weighted by Crippen LogP contribution is -2.25. The monoisotopic (exact) mass is 477 g/mol. The van der Waals surface area contributed by atoms with Gasteiger partial charge in [-0.2, -0.15) is 0 Å². The molecule has 0 radical (unpaired) electrons. The van der Waals surface area contributed by atoms with E-state index in [1.807, 2.05) is 56.4 Å². The van der Waals surface area contributed by atoms with Crippen LogP contribution in [0, 0.1) is 20.8 Å². The van der Waals surface area contributed by atoms with Gasteiger partial charge in [0.05, 0.1) is 16.2 Å². The number of para-hydroxylation sites is 1. The number of fused-ring (bicyclic) bond motifs is 3. The topological polar surface area (TPSA) is 81.3 Å². The number of nitrogens with zero attached hydrogens (tertiary/aromatic N) is 4. The Hall–Kier alpha value is -3.13. The molecule has 2 aromatic heterocycles. The minimum Gasteiger partial charge on any atom is -0.325 e. The summed E-state index contributed by atoms with van der Waals surface area (Å²) in [6.07, 6.45) is 3.00. The van der Waals surface area contributed by atoms with Gasteiger partial charge >= 0.3 is 0 Å². The average molecular weight is 478 g/mol. The van der Waals surface area contributed by atoms with Gasteiger partial charge in [-0.05, 0) is 57.4 Å². The van der Waals surface area contributed by atoms with Crippen molar-refractivity contribution in [3.63, 3.8) is 0 Å².